The Hall–Kier alpha value is -2.97. The smallest absolute Gasteiger partial charge is 0.407 e. The number of ether oxygens (including phenoxy) is 7. The van der Waals surface area contributed by atoms with E-state index >= 15 is 0 Å². The lowest BCUT2D eigenvalue weighted by atomic mass is 9.92. The summed E-state index contributed by atoms with van der Waals surface area (Å²) in [4.78, 5) is 67.0. The molecule has 1 aliphatic heterocycles. The number of hydrogen-bond acceptors (Lipinski definition) is 13. The SMILES string of the molecule is CCCCCCCCOC(CCC(=O)OCC(COC(=O)CCCCCC(=O)OCCC(CCCCC)CCCCC)COC(=O)CCC(CCCCCC)OC(=O)NCCN1CCCC1)OCCCCCCCC. The Morgan fingerprint density at radius 1 is 0.413 bits per heavy atom. The molecule has 0 aromatic carbocycles. The zero-order chi connectivity index (χ0) is 54.7. The van der Waals surface area contributed by atoms with Gasteiger partial charge < -0.3 is 43.4 Å². The summed E-state index contributed by atoms with van der Waals surface area (Å²) in [7, 11) is 0. The van der Waals surface area contributed by atoms with Gasteiger partial charge in [-0.2, -0.15) is 0 Å². The summed E-state index contributed by atoms with van der Waals surface area (Å²) in [5.74, 6) is -1.50. The molecule has 1 N–H and O–H groups in total. The van der Waals surface area contributed by atoms with Crippen LogP contribution in [0.25, 0.3) is 0 Å². The van der Waals surface area contributed by atoms with E-state index in [0.717, 1.165) is 77.4 Å². The molecule has 2 unspecified atom stereocenters. The van der Waals surface area contributed by atoms with Gasteiger partial charge in [0.15, 0.2) is 6.29 Å². The molecule has 14 nitrogen and oxygen atoms in total. The second-order valence-corrected chi connectivity index (χ2v) is 21.5. The summed E-state index contributed by atoms with van der Waals surface area (Å²) in [6.07, 6.45) is 33.3. The third-order valence-corrected chi connectivity index (χ3v) is 14.3. The van der Waals surface area contributed by atoms with Crippen molar-refractivity contribution in [2.24, 2.45) is 11.8 Å². The summed E-state index contributed by atoms with van der Waals surface area (Å²) in [5, 5.41) is 2.88. The predicted molar refractivity (Wildman–Crippen MR) is 300 cm³/mol. The van der Waals surface area contributed by atoms with E-state index in [9.17, 15) is 24.0 Å². The van der Waals surface area contributed by atoms with Crippen molar-refractivity contribution in [2.45, 2.75) is 285 Å². The van der Waals surface area contributed by atoms with Crippen LogP contribution in [0.1, 0.15) is 272 Å². The highest BCUT2D eigenvalue weighted by Crippen LogP contribution is 2.22. The van der Waals surface area contributed by atoms with Gasteiger partial charge in [-0.25, -0.2) is 4.79 Å². The third kappa shape index (κ3) is 44.7. The lowest BCUT2D eigenvalue weighted by Crippen LogP contribution is -2.35. The normalized spacial score (nSPS) is 13.5. The van der Waals surface area contributed by atoms with E-state index in [2.05, 4.69) is 44.8 Å². The molecular weight excluding hydrogens is 953 g/mol. The molecule has 0 radical (unpaired) electrons. The molecule has 75 heavy (non-hydrogen) atoms. The summed E-state index contributed by atoms with van der Waals surface area (Å²) in [5.41, 5.74) is 0. The Labute approximate surface area is 458 Å². The first-order valence-corrected chi connectivity index (χ1v) is 31.2. The summed E-state index contributed by atoms with van der Waals surface area (Å²) >= 11 is 0. The molecule has 2 atom stereocenters. The van der Waals surface area contributed by atoms with Crippen LogP contribution in [0.15, 0.2) is 0 Å². The average molecular weight is 1070 g/mol. The van der Waals surface area contributed by atoms with E-state index in [1.807, 2.05) is 0 Å². The highest BCUT2D eigenvalue weighted by atomic mass is 16.7. The van der Waals surface area contributed by atoms with Crippen LogP contribution in [0.5, 0.6) is 0 Å². The number of esters is 4. The predicted octanol–water partition coefficient (Wildman–Crippen LogP) is 14.7. The molecule has 0 aliphatic carbocycles. The first-order chi connectivity index (χ1) is 36.6. The van der Waals surface area contributed by atoms with Crippen molar-refractivity contribution in [3.8, 4) is 0 Å². The number of carbonyl (C=O) groups is 5. The number of rotatable bonds is 54. The molecule has 0 bridgehead atoms. The molecule has 1 fully saturated rings. The summed E-state index contributed by atoms with van der Waals surface area (Å²) < 4.78 is 40.8. The van der Waals surface area contributed by atoms with Gasteiger partial charge in [0, 0.05) is 52.0 Å². The molecule has 0 aromatic heterocycles. The molecule has 0 saturated carbocycles. The van der Waals surface area contributed by atoms with Crippen LogP contribution >= 0.6 is 0 Å². The molecule has 1 amide bonds. The molecule has 0 spiro atoms. The Kier molecular flexibility index (Phi) is 48.3. The van der Waals surface area contributed by atoms with Crippen molar-refractivity contribution in [1.29, 1.82) is 0 Å². The lowest BCUT2D eigenvalue weighted by Gasteiger charge is -2.21. The van der Waals surface area contributed by atoms with Crippen LogP contribution in [-0.4, -0.2) is 113 Å². The van der Waals surface area contributed by atoms with Crippen molar-refractivity contribution < 1.29 is 57.1 Å². The molecule has 1 rings (SSSR count). The average Bonchev–Trinajstić information content (AvgIpc) is 3.93. The Morgan fingerprint density at radius 3 is 1.37 bits per heavy atom. The van der Waals surface area contributed by atoms with Crippen molar-refractivity contribution in [3.63, 3.8) is 0 Å². The number of likely N-dealkylation sites (tertiary alicyclic amines) is 1. The van der Waals surface area contributed by atoms with E-state index < -0.39 is 42.3 Å². The summed E-state index contributed by atoms with van der Waals surface area (Å²) in [6, 6.07) is 0. The van der Waals surface area contributed by atoms with Crippen LogP contribution < -0.4 is 5.32 Å². The number of amides is 1. The second kappa shape index (κ2) is 51.8. The van der Waals surface area contributed by atoms with Gasteiger partial charge >= 0.3 is 30.0 Å². The molecular formula is C61H114N2O12. The highest BCUT2D eigenvalue weighted by molar-refractivity contribution is 5.71. The zero-order valence-electron chi connectivity index (χ0n) is 48.9. The lowest BCUT2D eigenvalue weighted by molar-refractivity contribution is -0.162. The van der Waals surface area contributed by atoms with E-state index in [4.69, 9.17) is 33.2 Å². The minimum absolute atomic E-state index is 0.0385. The minimum Gasteiger partial charge on any atom is -0.466 e. The topological polar surface area (TPSA) is 165 Å². The highest BCUT2D eigenvalue weighted by Gasteiger charge is 2.22. The van der Waals surface area contributed by atoms with Crippen molar-refractivity contribution in [2.75, 3.05) is 65.8 Å². The first-order valence-electron chi connectivity index (χ1n) is 31.2. The Morgan fingerprint density at radius 2 is 0.840 bits per heavy atom. The van der Waals surface area contributed by atoms with Crippen molar-refractivity contribution in [3.05, 3.63) is 0 Å². The maximum Gasteiger partial charge on any atom is 0.407 e. The van der Waals surface area contributed by atoms with Gasteiger partial charge in [0.25, 0.3) is 0 Å². The van der Waals surface area contributed by atoms with Crippen molar-refractivity contribution >= 4 is 30.0 Å². The number of unbranched alkanes of at least 4 members (excludes halogenated alkanes) is 19. The van der Waals surface area contributed by atoms with E-state index in [-0.39, 0.29) is 45.1 Å². The summed E-state index contributed by atoms with van der Waals surface area (Å²) in [6.45, 7) is 15.7. The van der Waals surface area contributed by atoms with Crippen LogP contribution in [0.2, 0.25) is 0 Å². The zero-order valence-corrected chi connectivity index (χ0v) is 48.9. The standard InChI is InChI=1S/C61H114N2O12/c1-6-11-16-19-21-31-47-70-60(71-48-32-22-20-17-12-7-2)41-40-59(67)74-52-54(50-72-57(65)37-28-23-27-36-56(64)69-49-42-53(33-24-14-9-4)34-25-15-10-5)51-73-58(66)39-38-55(35-26-18-13-8-3)75-61(68)62-43-46-63-44-29-30-45-63/h53-55,60H,6-52H2,1-5H3,(H,62,68). The van der Waals surface area contributed by atoms with Crippen LogP contribution in [0, 0.1) is 11.8 Å². The molecule has 1 aliphatic rings. The van der Waals surface area contributed by atoms with Gasteiger partial charge in [0.1, 0.15) is 25.9 Å². The van der Waals surface area contributed by atoms with Gasteiger partial charge in [-0.05, 0) is 83.2 Å². The van der Waals surface area contributed by atoms with Crippen LogP contribution in [0.3, 0.4) is 0 Å². The number of nitrogens with zero attached hydrogens (tertiary/aromatic N) is 1. The molecule has 440 valence electrons. The molecule has 0 aromatic rings. The van der Waals surface area contributed by atoms with E-state index in [0.29, 0.717) is 77.2 Å². The van der Waals surface area contributed by atoms with Crippen LogP contribution in [-0.2, 0) is 52.3 Å². The second-order valence-electron chi connectivity index (χ2n) is 21.5. The fraction of sp³-hybridized carbons (Fsp3) is 0.918. The van der Waals surface area contributed by atoms with Crippen molar-refractivity contribution in [1.82, 2.24) is 10.2 Å². The number of carbonyl (C=O) groups excluding carboxylic acids is 5. The Bertz CT molecular complexity index is 1340. The van der Waals surface area contributed by atoms with E-state index in [1.54, 1.807) is 0 Å². The molecule has 1 saturated heterocycles. The minimum atomic E-state index is -0.597. The third-order valence-electron chi connectivity index (χ3n) is 14.3. The monoisotopic (exact) mass is 1070 g/mol. The molecule has 14 heteroatoms. The van der Waals surface area contributed by atoms with Gasteiger partial charge in [0.2, 0.25) is 0 Å². The first kappa shape index (κ1) is 70.0. The quantitative estimate of drug-likeness (QED) is 0.0265. The van der Waals surface area contributed by atoms with Gasteiger partial charge in [-0.15, -0.1) is 0 Å². The fourth-order valence-electron chi connectivity index (χ4n) is 9.42. The largest absolute Gasteiger partial charge is 0.466 e. The van der Waals surface area contributed by atoms with Crippen LogP contribution in [0.4, 0.5) is 4.79 Å². The van der Waals surface area contributed by atoms with E-state index in [1.165, 1.54) is 116 Å². The Balaban J connectivity index is 2.79. The fourth-order valence-corrected chi connectivity index (χ4v) is 9.42. The van der Waals surface area contributed by atoms with Gasteiger partial charge in [-0.1, -0.05) is 176 Å². The van der Waals surface area contributed by atoms with Gasteiger partial charge in [0.05, 0.1) is 18.9 Å². The maximum atomic E-state index is 13.2. The van der Waals surface area contributed by atoms with Gasteiger partial charge in [-0.3, -0.25) is 19.2 Å². The number of hydrogen-bond donors (Lipinski definition) is 1. The number of nitrogens with one attached hydrogen (secondary N) is 1. The number of alkyl carbamates (subject to hydrolysis) is 1. The molecule has 1 heterocycles. The maximum absolute atomic E-state index is 13.2.